The van der Waals surface area contributed by atoms with Gasteiger partial charge >= 0.3 is 0 Å². The highest BCUT2D eigenvalue weighted by molar-refractivity contribution is 7.89. The van der Waals surface area contributed by atoms with Crippen molar-refractivity contribution in [2.75, 3.05) is 13.2 Å². The highest BCUT2D eigenvalue weighted by atomic mass is 32.2. The highest BCUT2D eigenvalue weighted by Gasteiger charge is 2.30. The van der Waals surface area contributed by atoms with Crippen LogP contribution in [0.2, 0.25) is 0 Å². The number of fused-ring (bicyclic) bond motifs is 1. The van der Waals surface area contributed by atoms with E-state index >= 15 is 0 Å². The van der Waals surface area contributed by atoms with E-state index in [1.54, 1.807) is 6.07 Å². The van der Waals surface area contributed by atoms with E-state index in [9.17, 15) is 13.2 Å². The maximum Gasteiger partial charge on any atom is 0.241 e. The van der Waals surface area contributed by atoms with E-state index in [2.05, 4.69) is 10.0 Å². The Balaban J connectivity index is 1.73. The summed E-state index contributed by atoms with van der Waals surface area (Å²) in [7, 11) is -3.89. The first kappa shape index (κ1) is 21.9. The number of sulfonamides is 1. The van der Waals surface area contributed by atoms with Gasteiger partial charge in [0.15, 0.2) is 11.5 Å². The number of carbonyl (C=O) groups excluding carboxylic acids is 1. The zero-order valence-corrected chi connectivity index (χ0v) is 18.1. The Kier molecular flexibility index (Phi) is 7.40. The maximum absolute atomic E-state index is 13.0. The molecule has 1 aromatic carbocycles. The zero-order valence-electron chi connectivity index (χ0n) is 17.3. The molecule has 0 saturated heterocycles. The monoisotopic (exact) mass is 424 g/mol. The van der Waals surface area contributed by atoms with Gasteiger partial charge in [0.1, 0.15) is 6.04 Å². The van der Waals surface area contributed by atoms with Crippen LogP contribution in [0, 0.1) is 5.92 Å². The summed E-state index contributed by atoms with van der Waals surface area (Å²) in [6.07, 6.45) is 7.22. The van der Waals surface area contributed by atoms with Crippen molar-refractivity contribution in [3.8, 4) is 11.5 Å². The van der Waals surface area contributed by atoms with Crippen molar-refractivity contribution in [2.45, 2.75) is 75.8 Å². The molecule has 7 nitrogen and oxygen atoms in total. The van der Waals surface area contributed by atoms with Gasteiger partial charge in [-0.25, -0.2) is 8.42 Å². The molecule has 1 heterocycles. The second-order valence-corrected chi connectivity index (χ2v) is 9.91. The Labute approximate surface area is 173 Å². The summed E-state index contributed by atoms with van der Waals surface area (Å²) in [5.41, 5.74) is 0. The van der Waals surface area contributed by atoms with Crippen LogP contribution in [0.15, 0.2) is 23.1 Å². The molecule has 1 saturated carbocycles. The first-order valence-electron chi connectivity index (χ1n) is 10.6. The van der Waals surface area contributed by atoms with Gasteiger partial charge in [0.25, 0.3) is 0 Å². The summed E-state index contributed by atoms with van der Waals surface area (Å²) in [4.78, 5) is 12.9. The van der Waals surface area contributed by atoms with Gasteiger partial charge in [0, 0.05) is 18.5 Å². The van der Waals surface area contributed by atoms with Crippen molar-refractivity contribution in [3.05, 3.63) is 18.2 Å². The molecule has 0 radical (unpaired) electrons. The van der Waals surface area contributed by atoms with Gasteiger partial charge in [-0.2, -0.15) is 4.72 Å². The summed E-state index contributed by atoms with van der Waals surface area (Å²) in [5.74, 6) is 0.503. The van der Waals surface area contributed by atoms with E-state index in [-0.39, 0.29) is 22.8 Å². The Bertz CT molecular complexity index is 801. The molecule has 2 N–H and O–H groups in total. The molecule has 0 bridgehead atoms. The number of ether oxygens (including phenoxy) is 2. The predicted molar refractivity (Wildman–Crippen MR) is 111 cm³/mol. The molecule has 1 atom stereocenters. The normalized spacial score (nSPS) is 19.3. The Morgan fingerprint density at radius 3 is 2.31 bits per heavy atom. The van der Waals surface area contributed by atoms with Gasteiger partial charge < -0.3 is 14.8 Å². The third-order valence-corrected chi connectivity index (χ3v) is 6.90. The van der Waals surface area contributed by atoms with Gasteiger partial charge in [-0.15, -0.1) is 0 Å². The van der Waals surface area contributed by atoms with Crippen LogP contribution in [0.4, 0.5) is 0 Å². The van der Waals surface area contributed by atoms with Gasteiger partial charge in [0.2, 0.25) is 15.9 Å². The first-order chi connectivity index (χ1) is 13.9. The van der Waals surface area contributed by atoms with Crippen LogP contribution in [0.1, 0.15) is 58.8 Å². The van der Waals surface area contributed by atoms with Crippen LogP contribution in [0.25, 0.3) is 0 Å². The van der Waals surface area contributed by atoms with E-state index in [0.717, 1.165) is 32.1 Å². The minimum Gasteiger partial charge on any atom is -0.490 e. The predicted octanol–water partition coefficient (Wildman–Crippen LogP) is 2.99. The minimum absolute atomic E-state index is 0.0645. The van der Waals surface area contributed by atoms with Crippen LogP contribution in [-0.4, -0.2) is 39.6 Å². The van der Waals surface area contributed by atoms with E-state index in [4.69, 9.17) is 9.47 Å². The van der Waals surface area contributed by atoms with Gasteiger partial charge in [0.05, 0.1) is 18.1 Å². The highest BCUT2D eigenvalue weighted by Crippen LogP contribution is 2.32. The van der Waals surface area contributed by atoms with Crippen LogP contribution in [-0.2, 0) is 14.8 Å². The van der Waals surface area contributed by atoms with Crippen molar-refractivity contribution in [2.24, 2.45) is 5.92 Å². The van der Waals surface area contributed by atoms with E-state index < -0.39 is 16.1 Å². The second kappa shape index (κ2) is 9.80. The number of nitrogens with one attached hydrogen (secondary N) is 2. The Morgan fingerprint density at radius 2 is 1.66 bits per heavy atom. The lowest BCUT2D eigenvalue weighted by Gasteiger charge is -2.25. The van der Waals surface area contributed by atoms with Crippen molar-refractivity contribution in [1.29, 1.82) is 0 Å². The number of hydrogen-bond acceptors (Lipinski definition) is 5. The molecule has 2 aliphatic rings. The van der Waals surface area contributed by atoms with Crippen molar-refractivity contribution >= 4 is 15.9 Å². The SMILES string of the molecule is CC(C)C(NS(=O)(=O)c1ccc2c(c1)OCCCO2)C(=O)NC1CCCCCC1. The molecule has 162 valence electrons. The summed E-state index contributed by atoms with van der Waals surface area (Å²) >= 11 is 0. The van der Waals surface area contributed by atoms with Crippen LogP contribution < -0.4 is 19.5 Å². The van der Waals surface area contributed by atoms with Crippen molar-refractivity contribution < 1.29 is 22.7 Å². The summed E-state index contributed by atoms with van der Waals surface area (Å²) in [6, 6.07) is 3.83. The molecule has 1 amide bonds. The second-order valence-electron chi connectivity index (χ2n) is 8.20. The summed E-state index contributed by atoms with van der Waals surface area (Å²) < 4.78 is 39.7. The fourth-order valence-electron chi connectivity index (χ4n) is 3.75. The summed E-state index contributed by atoms with van der Waals surface area (Å²) in [5, 5.41) is 3.06. The van der Waals surface area contributed by atoms with Gasteiger partial charge in [-0.3, -0.25) is 4.79 Å². The molecule has 3 rings (SSSR count). The molecule has 1 fully saturated rings. The summed E-state index contributed by atoms with van der Waals surface area (Å²) in [6.45, 7) is 4.69. The lowest BCUT2D eigenvalue weighted by atomic mass is 10.0. The lowest BCUT2D eigenvalue weighted by molar-refractivity contribution is -0.124. The largest absolute Gasteiger partial charge is 0.490 e. The molecule has 0 spiro atoms. The first-order valence-corrected chi connectivity index (χ1v) is 12.1. The average Bonchev–Trinajstić information content (AvgIpc) is 3.08. The fourth-order valence-corrected chi connectivity index (χ4v) is 5.11. The van der Waals surface area contributed by atoms with E-state index in [1.165, 1.54) is 25.0 Å². The third-order valence-electron chi connectivity index (χ3n) is 5.46. The molecule has 1 aliphatic heterocycles. The van der Waals surface area contributed by atoms with Crippen LogP contribution in [0.5, 0.6) is 11.5 Å². The average molecular weight is 425 g/mol. The maximum atomic E-state index is 13.0. The van der Waals surface area contributed by atoms with Gasteiger partial charge in [-0.05, 0) is 30.9 Å². The third kappa shape index (κ3) is 5.85. The number of benzene rings is 1. The molecular weight excluding hydrogens is 392 g/mol. The molecular formula is C21H32N2O5S. The molecule has 8 heteroatoms. The van der Waals surface area contributed by atoms with E-state index in [1.807, 2.05) is 13.8 Å². The number of carbonyl (C=O) groups is 1. The standard InChI is InChI=1S/C21H32N2O5S/c1-15(2)20(21(24)22-16-8-5-3-4-6-9-16)23-29(25,26)17-10-11-18-19(14-17)28-13-7-12-27-18/h10-11,14-16,20,23H,3-9,12-13H2,1-2H3,(H,22,24). The Hall–Kier alpha value is -1.80. The lowest BCUT2D eigenvalue weighted by Crippen LogP contribution is -2.51. The molecule has 1 unspecified atom stereocenters. The molecule has 29 heavy (non-hydrogen) atoms. The van der Waals surface area contributed by atoms with E-state index in [0.29, 0.717) is 24.7 Å². The van der Waals surface area contributed by atoms with Crippen molar-refractivity contribution in [3.63, 3.8) is 0 Å². The zero-order chi connectivity index (χ0) is 20.9. The van der Waals surface area contributed by atoms with Crippen LogP contribution >= 0.6 is 0 Å². The molecule has 0 aromatic heterocycles. The number of hydrogen-bond donors (Lipinski definition) is 2. The van der Waals surface area contributed by atoms with Crippen LogP contribution in [0.3, 0.4) is 0 Å². The number of rotatable bonds is 6. The van der Waals surface area contributed by atoms with Gasteiger partial charge in [-0.1, -0.05) is 39.5 Å². The topological polar surface area (TPSA) is 93.7 Å². The Morgan fingerprint density at radius 1 is 1.00 bits per heavy atom. The smallest absolute Gasteiger partial charge is 0.241 e. The fraction of sp³-hybridized carbons (Fsp3) is 0.667. The van der Waals surface area contributed by atoms with Crippen molar-refractivity contribution in [1.82, 2.24) is 10.0 Å². The number of amides is 1. The molecule has 1 aliphatic carbocycles. The quantitative estimate of drug-likeness (QED) is 0.685. The minimum atomic E-state index is -3.89. The molecule has 1 aromatic rings.